The number of ketones is 1. The molecule has 0 radical (unpaired) electrons. The van der Waals surface area contributed by atoms with Crippen LogP contribution in [0.4, 0.5) is 13.2 Å². The number of carbonyl (C=O) groups is 3. The molecule has 0 bridgehead atoms. The van der Waals surface area contributed by atoms with Gasteiger partial charge in [-0.1, -0.05) is 60.7 Å². The van der Waals surface area contributed by atoms with Crippen molar-refractivity contribution in [2.24, 2.45) is 0 Å². The van der Waals surface area contributed by atoms with Crippen molar-refractivity contribution in [2.75, 3.05) is 7.11 Å². The number of rotatable bonds is 6. The largest absolute Gasteiger partial charge is 0.488 e. The first-order valence-electron chi connectivity index (χ1n) is 7.87. The minimum atomic E-state index is -5.25. The summed E-state index contributed by atoms with van der Waals surface area (Å²) in [7, 11) is 0.915. The second kappa shape index (κ2) is 8.48. The van der Waals surface area contributed by atoms with E-state index < -0.39 is 41.3 Å². The fraction of sp³-hybridized carbons (Fsp3) is 0.211. The Hall–Kier alpha value is -3.16. The SMILES string of the molecule is COC(=O)[C@H](Cc1ccccc1)N(C(=O)C(=O)c1ccccc1)C(F)(F)F. The number of amides is 1. The van der Waals surface area contributed by atoms with Crippen LogP contribution in [0.3, 0.4) is 0 Å². The number of ether oxygens (including phenoxy) is 1. The lowest BCUT2D eigenvalue weighted by atomic mass is 10.0. The number of hydrogen-bond donors (Lipinski definition) is 0. The topological polar surface area (TPSA) is 63.7 Å². The van der Waals surface area contributed by atoms with E-state index in [0.29, 0.717) is 5.56 Å². The van der Waals surface area contributed by atoms with E-state index >= 15 is 0 Å². The minimum absolute atomic E-state index is 0.208. The molecule has 0 saturated heterocycles. The van der Waals surface area contributed by atoms with Crippen LogP contribution >= 0.6 is 0 Å². The van der Waals surface area contributed by atoms with Crippen molar-refractivity contribution in [2.45, 2.75) is 18.8 Å². The first-order chi connectivity index (χ1) is 12.8. The molecule has 0 spiro atoms. The van der Waals surface area contributed by atoms with Gasteiger partial charge in [0, 0.05) is 12.0 Å². The molecular formula is C19H16F3NO4. The van der Waals surface area contributed by atoms with E-state index in [0.717, 1.165) is 7.11 Å². The molecule has 0 aromatic heterocycles. The summed E-state index contributed by atoms with van der Waals surface area (Å²) in [5.41, 5.74) is 0.169. The Morgan fingerprint density at radius 3 is 1.96 bits per heavy atom. The number of esters is 1. The maximum atomic E-state index is 13.6. The zero-order chi connectivity index (χ0) is 20.0. The van der Waals surface area contributed by atoms with Gasteiger partial charge in [0.05, 0.1) is 7.11 Å². The monoisotopic (exact) mass is 379 g/mol. The quantitative estimate of drug-likeness (QED) is 0.335. The van der Waals surface area contributed by atoms with E-state index in [4.69, 9.17) is 0 Å². The molecule has 0 aliphatic rings. The van der Waals surface area contributed by atoms with Gasteiger partial charge in [0.1, 0.15) is 6.04 Å². The van der Waals surface area contributed by atoms with E-state index in [1.165, 1.54) is 36.4 Å². The Bertz CT molecular complexity index is 807. The van der Waals surface area contributed by atoms with Gasteiger partial charge in [0.15, 0.2) is 0 Å². The highest BCUT2D eigenvalue weighted by molar-refractivity contribution is 6.43. The lowest BCUT2D eigenvalue weighted by Gasteiger charge is -2.31. The lowest BCUT2D eigenvalue weighted by molar-refractivity contribution is -0.250. The summed E-state index contributed by atoms with van der Waals surface area (Å²) in [5.74, 6) is -4.49. The molecule has 2 aromatic rings. The number of alkyl halides is 3. The molecule has 27 heavy (non-hydrogen) atoms. The zero-order valence-corrected chi connectivity index (χ0v) is 14.3. The first-order valence-corrected chi connectivity index (χ1v) is 7.87. The van der Waals surface area contributed by atoms with Gasteiger partial charge in [-0.25, -0.2) is 9.69 Å². The van der Waals surface area contributed by atoms with Gasteiger partial charge in [-0.3, -0.25) is 9.59 Å². The molecule has 0 aliphatic carbocycles. The fourth-order valence-corrected chi connectivity index (χ4v) is 2.51. The molecule has 1 amide bonds. The zero-order valence-electron chi connectivity index (χ0n) is 14.3. The van der Waals surface area contributed by atoms with Crippen LogP contribution in [0.5, 0.6) is 0 Å². The third kappa shape index (κ3) is 4.93. The van der Waals surface area contributed by atoms with Crippen LogP contribution in [0.2, 0.25) is 0 Å². The standard InChI is InChI=1S/C19H16F3NO4/c1-27-18(26)15(12-13-8-4-2-5-9-13)23(19(20,21)22)17(25)16(24)14-10-6-3-7-11-14/h2-11,15H,12H2,1H3/t15-/m0/s1. The van der Waals surface area contributed by atoms with Crippen molar-refractivity contribution in [1.29, 1.82) is 0 Å². The maximum Gasteiger partial charge on any atom is 0.488 e. The number of nitrogens with zero attached hydrogens (tertiary/aromatic N) is 1. The third-order valence-electron chi connectivity index (χ3n) is 3.78. The molecule has 8 heteroatoms. The average Bonchev–Trinajstić information content (AvgIpc) is 2.66. The molecule has 2 aromatic carbocycles. The number of methoxy groups -OCH3 is 1. The summed E-state index contributed by atoms with van der Waals surface area (Å²) in [6.45, 7) is 0. The van der Waals surface area contributed by atoms with Crippen LogP contribution in [0.1, 0.15) is 15.9 Å². The summed E-state index contributed by atoms with van der Waals surface area (Å²) in [6.07, 6.45) is -5.71. The highest BCUT2D eigenvalue weighted by Gasteiger charge is 2.50. The van der Waals surface area contributed by atoms with Crippen LogP contribution in [-0.2, 0) is 20.7 Å². The van der Waals surface area contributed by atoms with Crippen molar-refractivity contribution in [1.82, 2.24) is 4.90 Å². The predicted octanol–water partition coefficient (Wildman–Crippen LogP) is 3.00. The number of Topliss-reactive ketones (excluding diaryl/α,β-unsaturated/α-hetero) is 1. The van der Waals surface area contributed by atoms with Gasteiger partial charge in [-0.2, -0.15) is 0 Å². The fourth-order valence-electron chi connectivity index (χ4n) is 2.51. The molecule has 0 saturated carbocycles. The smallest absolute Gasteiger partial charge is 0.467 e. The number of hydrogen-bond acceptors (Lipinski definition) is 4. The van der Waals surface area contributed by atoms with E-state index in [1.807, 2.05) is 0 Å². The Morgan fingerprint density at radius 2 is 1.48 bits per heavy atom. The molecule has 142 valence electrons. The van der Waals surface area contributed by atoms with Gasteiger partial charge in [-0.15, -0.1) is 13.2 Å². The normalized spacial score (nSPS) is 12.1. The van der Waals surface area contributed by atoms with Crippen molar-refractivity contribution in [3.63, 3.8) is 0 Å². The Balaban J connectivity index is 2.43. The molecule has 2 rings (SSSR count). The van der Waals surface area contributed by atoms with Crippen LogP contribution in [0, 0.1) is 0 Å². The van der Waals surface area contributed by atoms with Gasteiger partial charge in [0.25, 0.3) is 5.78 Å². The first kappa shape index (κ1) is 20.2. The summed E-state index contributed by atoms with van der Waals surface area (Å²) >= 11 is 0. The highest BCUT2D eigenvalue weighted by atomic mass is 19.4. The van der Waals surface area contributed by atoms with E-state index in [1.54, 1.807) is 24.3 Å². The van der Waals surface area contributed by atoms with Crippen LogP contribution in [0.25, 0.3) is 0 Å². The predicted molar refractivity (Wildman–Crippen MR) is 89.6 cm³/mol. The molecule has 0 unspecified atom stereocenters. The van der Waals surface area contributed by atoms with Crippen LogP contribution < -0.4 is 0 Å². The average molecular weight is 379 g/mol. The molecule has 1 atom stereocenters. The molecule has 0 fully saturated rings. The number of halogens is 3. The summed E-state index contributed by atoms with van der Waals surface area (Å²) < 4.78 is 45.4. The highest BCUT2D eigenvalue weighted by Crippen LogP contribution is 2.27. The maximum absolute atomic E-state index is 13.6. The van der Waals surface area contributed by atoms with E-state index in [2.05, 4.69) is 4.74 Å². The number of benzene rings is 2. The molecule has 5 nitrogen and oxygen atoms in total. The molecular weight excluding hydrogens is 363 g/mol. The summed E-state index contributed by atoms with van der Waals surface area (Å²) in [5, 5.41) is 0. The van der Waals surface area contributed by atoms with Crippen LogP contribution in [-0.4, -0.2) is 42.0 Å². The second-order valence-electron chi connectivity index (χ2n) is 5.57. The van der Waals surface area contributed by atoms with Gasteiger partial charge in [0.2, 0.25) is 0 Å². The Morgan fingerprint density at radius 1 is 0.963 bits per heavy atom. The van der Waals surface area contributed by atoms with Crippen molar-refractivity contribution in [3.05, 3.63) is 71.8 Å². The van der Waals surface area contributed by atoms with Crippen molar-refractivity contribution >= 4 is 17.7 Å². The molecule has 0 aliphatic heterocycles. The van der Waals surface area contributed by atoms with Gasteiger partial charge in [-0.05, 0) is 5.56 Å². The van der Waals surface area contributed by atoms with Gasteiger partial charge >= 0.3 is 18.2 Å². The van der Waals surface area contributed by atoms with Crippen molar-refractivity contribution < 1.29 is 32.3 Å². The van der Waals surface area contributed by atoms with Crippen LogP contribution in [0.15, 0.2) is 60.7 Å². The summed E-state index contributed by atoms with van der Waals surface area (Å²) in [4.78, 5) is 36.0. The Labute approximate surface area is 153 Å². The number of carbonyl (C=O) groups excluding carboxylic acids is 3. The Kier molecular flexibility index (Phi) is 6.33. The van der Waals surface area contributed by atoms with Gasteiger partial charge < -0.3 is 4.74 Å². The lowest BCUT2D eigenvalue weighted by Crippen LogP contribution is -2.56. The van der Waals surface area contributed by atoms with E-state index in [-0.39, 0.29) is 5.56 Å². The molecule has 0 heterocycles. The summed E-state index contributed by atoms with van der Waals surface area (Å²) in [6, 6.07) is 12.6. The molecule has 0 N–H and O–H groups in total. The van der Waals surface area contributed by atoms with Crippen molar-refractivity contribution in [3.8, 4) is 0 Å². The second-order valence-corrected chi connectivity index (χ2v) is 5.57. The third-order valence-corrected chi connectivity index (χ3v) is 3.78. The minimum Gasteiger partial charge on any atom is -0.467 e. The van der Waals surface area contributed by atoms with E-state index in [9.17, 15) is 27.6 Å².